The molecule has 0 spiro atoms. The zero-order valence-electron chi connectivity index (χ0n) is 9.19. The van der Waals surface area contributed by atoms with Crippen molar-refractivity contribution in [3.05, 3.63) is 29.8 Å². The minimum Gasteiger partial charge on any atom is -0.207 e. The quantitative estimate of drug-likeness (QED) is 0.719. The summed E-state index contributed by atoms with van der Waals surface area (Å²) in [4.78, 5) is 0.388. The first kappa shape index (κ1) is 10.6. The monoisotopic (exact) mass is 225 g/mol. The Morgan fingerprint density at radius 3 is 2.07 bits per heavy atom. The Morgan fingerprint density at radius 2 is 1.67 bits per heavy atom. The largest absolute Gasteiger partial charge is 0.243 e. The molecule has 1 saturated heterocycles. The molecule has 1 aliphatic rings. The third-order valence-electron chi connectivity index (χ3n) is 2.71. The highest BCUT2D eigenvalue weighted by molar-refractivity contribution is 7.89. The molecule has 1 aromatic carbocycles. The van der Waals surface area contributed by atoms with E-state index in [-0.39, 0.29) is 5.54 Å². The van der Waals surface area contributed by atoms with E-state index in [0.717, 1.165) is 5.56 Å². The fourth-order valence-corrected chi connectivity index (χ4v) is 3.43. The zero-order valence-corrected chi connectivity index (χ0v) is 10.0. The molecule has 0 aliphatic carbocycles. The summed E-state index contributed by atoms with van der Waals surface area (Å²) >= 11 is 0. The lowest BCUT2D eigenvalue weighted by atomic mass is 10.2. The second kappa shape index (κ2) is 3.06. The Kier molecular flexibility index (Phi) is 2.17. The molecule has 1 aliphatic heterocycles. The van der Waals surface area contributed by atoms with E-state index < -0.39 is 10.0 Å². The Balaban J connectivity index is 2.36. The molecule has 1 aromatic rings. The van der Waals surface area contributed by atoms with Gasteiger partial charge in [0.15, 0.2) is 0 Å². The van der Waals surface area contributed by atoms with Gasteiger partial charge in [0, 0.05) is 12.1 Å². The summed E-state index contributed by atoms with van der Waals surface area (Å²) in [5, 5.41) is 0. The van der Waals surface area contributed by atoms with Gasteiger partial charge in [0.25, 0.3) is 0 Å². The molecule has 1 fully saturated rings. The summed E-state index contributed by atoms with van der Waals surface area (Å²) in [5.74, 6) is 0. The maximum Gasteiger partial charge on any atom is 0.243 e. The fraction of sp³-hybridized carbons (Fsp3) is 0.455. The molecule has 15 heavy (non-hydrogen) atoms. The Morgan fingerprint density at radius 1 is 1.20 bits per heavy atom. The molecule has 4 heteroatoms. The molecule has 0 amide bonds. The van der Waals surface area contributed by atoms with E-state index in [0.29, 0.717) is 11.4 Å². The molecule has 0 bridgehead atoms. The van der Waals surface area contributed by atoms with Gasteiger partial charge < -0.3 is 0 Å². The number of hydrogen-bond acceptors (Lipinski definition) is 2. The highest BCUT2D eigenvalue weighted by Crippen LogP contribution is 2.37. The van der Waals surface area contributed by atoms with Crippen molar-refractivity contribution in [1.82, 2.24) is 4.31 Å². The van der Waals surface area contributed by atoms with Gasteiger partial charge in [-0.3, -0.25) is 0 Å². The molecule has 0 N–H and O–H groups in total. The van der Waals surface area contributed by atoms with Crippen LogP contribution in [0.4, 0.5) is 0 Å². The van der Waals surface area contributed by atoms with E-state index in [9.17, 15) is 8.42 Å². The van der Waals surface area contributed by atoms with Crippen molar-refractivity contribution in [1.29, 1.82) is 0 Å². The molecular weight excluding hydrogens is 210 g/mol. The molecule has 0 aromatic heterocycles. The van der Waals surface area contributed by atoms with Gasteiger partial charge in [-0.1, -0.05) is 17.7 Å². The topological polar surface area (TPSA) is 37.1 Å². The van der Waals surface area contributed by atoms with Crippen LogP contribution in [0.3, 0.4) is 0 Å². The second-order valence-electron chi connectivity index (χ2n) is 4.64. The zero-order chi connectivity index (χ0) is 11.3. The van der Waals surface area contributed by atoms with Crippen molar-refractivity contribution in [2.75, 3.05) is 6.54 Å². The van der Waals surface area contributed by atoms with Gasteiger partial charge in [0.1, 0.15) is 0 Å². The van der Waals surface area contributed by atoms with Gasteiger partial charge >= 0.3 is 0 Å². The molecule has 0 saturated carbocycles. The number of rotatable bonds is 2. The molecule has 0 radical (unpaired) electrons. The number of hydrogen-bond donors (Lipinski definition) is 0. The predicted molar refractivity (Wildman–Crippen MR) is 59.1 cm³/mol. The molecule has 3 nitrogen and oxygen atoms in total. The van der Waals surface area contributed by atoms with Crippen molar-refractivity contribution in [3.8, 4) is 0 Å². The van der Waals surface area contributed by atoms with Crippen LogP contribution in [0.2, 0.25) is 0 Å². The average molecular weight is 225 g/mol. The van der Waals surface area contributed by atoms with Gasteiger partial charge in [-0.05, 0) is 32.9 Å². The molecule has 1 unspecified atom stereocenters. The summed E-state index contributed by atoms with van der Waals surface area (Å²) in [5.41, 5.74) is 0.864. The SMILES string of the molecule is Cc1ccc(S(=O)(=O)N2CC2(C)C)cc1. The van der Waals surface area contributed by atoms with Crippen LogP contribution in [0.15, 0.2) is 29.2 Å². The lowest BCUT2D eigenvalue weighted by Gasteiger charge is -2.08. The summed E-state index contributed by atoms with van der Waals surface area (Å²) in [6.07, 6.45) is 0. The van der Waals surface area contributed by atoms with Crippen molar-refractivity contribution in [2.24, 2.45) is 0 Å². The highest BCUT2D eigenvalue weighted by atomic mass is 32.2. The Hall–Kier alpha value is -0.870. The average Bonchev–Trinajstić information content (AvgIpc) is 2.77. The van der Waals surface area contributed by atoms with E-state index in [4.69, 9.17) is 0 Å². The molecule has 1 heterocycles. The van der Waals surface area contributed by atoms with E-state index in [1.807, 2.05) is 32.9 Å². The van der Waals surface area contributed by atoms with Crippen LogP contribution >= 0.6 is 0 Å². The number of nitrogens with zero attached hydrogens (tertiary/aromatic N) is 1. The minimum atomic E-state index is -3.26. The standard InChI is InChI=1S/C11H15NO2S/c1-9-4-6-10(7-5-9)15(13,14)12-8-11(12,2)3/h4-7H,8H2,1-3H3. The van der Waals surface area contributed by atoms with Crippen molar-refractivity contribution in [3.63, 3.8) is 0 Å². The molecule has 2 rings (SSSR count). The first-order chi connectivity index (χ1) is 6.84. The van der Waals surface area contributed by atoms with E-state index in [1.165, 1.54) is 4.31 Å². The molecular formula is C11H15NO2S. The van der Waals surface area contributed by atoms with Gasteiger partial charge in [0.05, 0.1) is 4.90 Å². The minimum absolute atomic E-state index is 0.205. The van der Waals surface area contributed by atoms with Gasteiger partial charge in [-0.15, -0.1) is 0 Å². The fourth-order valence-electron chi connectivity index (χ4n) is 1.56. The maximum absolute atomic E-state index is 12.0. The van der Waals surface area contributed by atoms with Crippen LogP contribution in [-0.2, 0) is 10.0 Å². The van der Waals surface area contributed by atoms with Gasteiger partial charge in [0.2, 0.25) is 10.0 Å². The first-order valence-corrected chi connectivity index (χ1v) is 6.37. The van der Waals surface area contributed by atoms with Crippen LogP contribution in [0, 0.1) is 6.92 Å². The lowest BCUT2D eigenvalue weighted by Crippen LogP contribution is -2.18. The molecule has 1 atom stereocenters. The van der Waals surface area contributed by atoms with Crippen molar-refractivity contribution < 1.29 is 8.42 Å². The predicted octanol–water partition coefficient (Wildman–Crippen LogP) is 1.78. The third kappa shape index (κ3) is 1.79. The number of benzene rings is 1. The summed E-state index contributed by atoms with van der Waals surface area (Å²) in [7, 11) is -3.26. The van der Waals surface area contributed by atoms with Crippen molar-refractivity contribution >= 4 is 10.0 Å². The van der Waals surface area contributed by atoms with Crippen LogP contribution in [0.25, 0.3) is 0 Å². The summed E-state index contributed by atoms with van der Waals surface area (Å²) < 4.78 is 25.6. The highest BCUT2D eigenvalue weighted by Gasteiger charge is 2.51. The first-order valence-electron chi connectivity index (χ1n) is 4.93. The number of sulfonamides is 1. The van der Waals surface area contributed by atoms with Crippen molar-refractivity contribution in [2.45, 2.75) is 31.2 Å². The Labute approximate surface area is 90.8 Å². The number of aryl methyl sites for hydroxylation is 1. The van der Waals surface area contributed by atoms with Gasteiger partial charge in [-0.25, -0.2) is 8.42 Å². The second-order valence-corrected chi connectivity index (χ2v) is 6.50. The normalized spacial score (nSPS) is 23.8. The van der Waals surface area contributed by atoms with Gasteiger partial charge in [-0.2, -0.15) is 4.31 Å². The molecule has 82 valence electrons. The van der Waals surface area contributed by atoms with Crippen LogP contribution in [0.5, 0.6) is 0 Å². The van der Waals surface area contributed by atoms with Crippen LogP contribution in [-0.4, -0.2) is 24.8 Å². The maximum atomic E-state index is 12.0. The van der Waals surface area contributed by atoms with E-state index >= 15 is 0 Å². The summed E-state index contributed by atoms with van der Waals surface area (Å²) in [6.45, 7) is 6.42. The Bertz CT molecular complexity index is 474. The lowest BCUT2D eigenvalue weighted by molar-refractivity contribution is 0.530. The van der Waals surface area contributed by atoms with Crippen LogP contribution in [0.1, 0.15) is 19.4 Å². The third-order valence-corrected chi connectivity index (χ3v) is 4.78. The smallest absolute Gasteiger partial charge is 0.207 e. The van der Waals surface area contributed by atoms with E-state index in [1.54, 1.807) is 12.1 Å². The van der Waals surface area contributed by atoms with E-state index in [2.05, 4.69) is 0 Å². The van der Waals surface area contributed by atoms with Crippen LogP contribution < -0.4 is 0 Å². The summed E-state index contributed by atoms with van der Waals surface area (Å²) in [6, 6.07) is 6.98.